The van der Waals surface area contributed by atoms with Gasteiger partial charge in [0.25, 0.3) is 0 Å². The molecule has 0 saturated carbocycles. The van der Waals surface area contributed by atoms with Crippen molar-refractivity contribution < 1.29 is 4.42 Å². The summed E-state index contributed by atoms with van der Waals surface area (Å²) in [5.74, 6) is 0.559. The number of hydrogen-bond donors (Lipinski definition) is 0. The Morgan fingerprint density at radius 3 is 1.77 bits per heavy atom. The summed E-state index contributed by atoms with van der Waals surface area (Å²) >= 11 is 0. The van der Waals surface area contributed by atoms with Crippen LogP contribution in [0, 0.1) is 0 Å². The summed E-state index contributed by atoms with van der Waals surface area (Å²) in [5, 5.41) is 11.8. The van der Waals surface area contributed by atoms with Crippen LogP contribution in [-0.2, 0) is 0 Å². The fourth-order valence-corrected chi connectivity index (χ4v) is 5.77. The van der Waals surface area contributed by atoms with Crippen molar-refractivity contribution in [1.82, 2.24) is 15.2 Å². The number of benzene rings is 4. The summed E-state index contributed by atoms with van der Waals surface area (Å²) < 4.78 is 6.48. The molecule has 0 unspecified atom stereocenters. The van der Waals surface area contributed by atoms with Gasteiger partial charge in [-0.1, -0.05) is 104 Å². The zero-order valence-corrected chi connectivity index (χ0v) is 21.0. The second kappa shape index (κ2) is 8.29. The van der Waals surface area contributed by atoms with Gasteiger partial charge in [-0.25, -0.2) is 4.98 Å². The molecule has 0 amide bonds. The van der Waals surface area contributed by atoms with Crippen LogP contribution in [-0.4, -0.2) is 23.3 Å². The Balaban J connectivity index is 1.42. The summed E-state index contributed by atoms with van der Waals surface area (Å²) in [6.07, 6.45) is 3.22. The minimum Gasteiger partial charge on any atom is -0.455 e. The van der Waals surface area contributed by atoms with E-state index in [0.717, 1.165) is 38.6 Å². The summed E-state index contributed by atoms with van der Waals surface area (Å²) in [5.41, 5.74) is 7.13. The van der Waals surface area contributed by atoms with Crippen LogP contribution in [0.25, 0.3) is 55.6 Å². The van der Waals surface area contributed by atoms with Crippen molar-refractivity contribution in [2.75, 3.05) is 0 Å². The van der Waals surface area contributed by atoms with Crippen LogP contribution in [0.1, 0.15) is 0 Å². The van der Waals surface area contributed by atoms with Crippen molar-refractivity contribution in [1.29, 1.82) is 0 Å². The number of para-hydroxylation sites is 2. The first-order chi connectivity index (χ1) is 17.0. The standard InChI is InChI=1S/C30H25N3OSi/c1-35(2,3)23-16-14-21(15-17-23)20-10-12-22(13-11-20)24-6-4-7-25-26-8-5-9-27(29(26)34-28(24)25)30-31-18-19-32-33-30/h4-19H,1-3H3. The van der Waals surface area contributed by atoms with Crippen LogP contribution in [0.3, 0.4) is 0 Å². The van der Waals surface area contributed by atoms with E-state index in [-0.39, 0.29) is 0 Å². The van der Waals surface area contributed by atoms with Crippen LogP contribution in [0.4, 0.5) is 0 Å². The third-order valence-electron chi connectivity index (χ3n) is 6.53. The highest BCUT2D eigenvalue weighted by molar-refractivity contribution is 6.88. The summed E-state index contributed by atoms with van der Waals surface area (Å²) in [6, 6.07) is 30.2. The average molecular weight is 472 g/mol. The molecule has 6 rings (SSSR count). The van der Waals surface area contributed by atoms with E-state index in [2.05, 4.69) is 108 Å². The third-order valence-corrected chi connectivity index (χ3v) is 8.59. The number of hydrogen-bond acceptors (Lipinski definition) is 4. The molecule has 0 radical (unpaired) electrons. The van der Waals surface area contributed by atoms with Crippen molar-refractivity contribution in [2.24, 2.45) is 0 Å². The molecule has 0 N–H and O–H groups in total. The number of rotatable bonds is 4. The van der Waals surface area contributed by atoms with Crippen LogP contribution < -0.4 is 5.19 Å². The van der Waals surface area contributed by atoms with Crippen molar-refractivity contribution in [3.05, 3.63) is 97.3 Å². The van der Waals surface area contributed by atoms with E-state index in [0.29, 0.717) is 5.82 Å². The normalized spacial score (nSPS) is 11.9. The van der Waals surface area contributed by atoms with Crippen LogP contribution in [0.15, 0.2) is 102 Å². The Bertz CT molecular complexity index is 1650. The molecule has 170 valence electrons. The smallest absolute Gasteiger partial charge is 0.185 e. The molecule has 0 spiro atoms. The van der Waals surface area contributed by atoms with Gasteiger partial charge in [-0.2, -0.15) is 5.10 Å². The number of aromatic nitrogens is 3. The van der Waals surface area contributed by atoms with Crippen molar-refractivity contribution in [3.63, 3.8) is 0 Å². The van der Waals surface area contributed by atoms with Gasteiger partial charge >= 0.3 is 0 Å². The predicted octanol–water partition coefficient (Wildman–Crippen LogP) is 7.32. The Hall–Kier alpha value is -4.09. The zero-order chi connectivity index (χ0) is 24.0. The lowest BCUT2D eigenvalue weighted by atomic mass is 9.98. The van der Waals surface area contributed by atoms with Gasteiger partial charge < -0.3 is 4.42 Å². The maximum Gasteiger partial charge on any atom is 0.185 e. The molecular formula is C30H25N3OSi. The molecule has 5 heteroatoms. The lowest BCUT2D eigenvalue weighted by Gasteiger charge is -2.16. The Morgan fingerprint density at radius 1 is 0.600 bits per heavy atom. The molecule has 0 aliphatic rings. The van der Waals surface area contributed by atoms with E-state index in [4.69, 9.17) is 4.42 Å². The summed E-state index contributed by atoms with van der Waals surface area (Å²) in [6.45, 7) is 7.13. The van der Waals surface area contributed by atoms with Crippen molar-refractivity contribution in [3.8, 4) is 33.6 Å². The van der Waals surface area contributed by atoms with Gasteiger partial charge in [-0.15, -0.1) is 5.10 Å². The molecular weight excluding hydrogens is 446 g/mol. The molecule has 6 aromatic rings. The lowest BCUT2D eigenvalue weighted by molar-refractivity contribution is 0.670. The molecule has 0 aliphatic carbocycles. The van der Waals surface area contributed by atoms with Gasteiger partial charge in [0.1, 0.15) is 11.2 Å². The van der Waals surface area contributed by atoms with Crippen LogP contribution >= 0.6 is 0 Å². The van der Waals surface area contributed by atoms with Gasteiger partial charge in [0.2, 0.25) is 0 Å². The zero-order valence-electron chi connectivity index (χ0n) is 20.0. The summed E-state index contributed by atoms with van der Waals surface area (Å²) in [7, 11) is -1.30. The lowest BCUT2D eigenvalue weighted by Crippen LogP contribution is -2.37. The van der Waals surface area contributed by atoms with Gasteiger partial charge in [0.15, 0.2) is 5.82 Å². The maximum atomic E-state index is 6.48. The average Bonchev–Trinajstić information content (AvgIpc) is 3.28. The fraction of sp³-hybridized carbons (Fsp3) is 0.100. The molecule has 0 bridgehead atoms. The van der Waals surface area contributed by atoms with Crippen LogP contribution in [0.5, 0.6) is 0 Å². The van der Waals surface area contributed by atoms with E-state index in [1.165, 1.54) is 16.3 Å². The number of fused-ring (bicyclic) bond motifs is 3. The van der Waals surface area contributed by atoms with Gasteiger partial charge in [-0.3, -0.25) is 0 Å². The quantitative estimate of drug-likeness (QED) is 0.253. The topological polar surface area (TPSA) is 51.8 Å². The van der Waals surface area contributed by atoms with Crippen molar-refractivity contribution in [2.45, 2.75) is 19.6 Å². The highest BCUT2D eigenvalue weighted by atomic mass is 28.3. The number of nitrogens with zero attached hydrogens (tertiary/aromatic N) is 3. The molecule has 0 saturated heterocycles. The molecule has 0 fully saturated rings. The molecule has 2 heterocycles. The first kappa shape index (κ1) is 21.4. The Kier molecular flexibility index (Phi) is 5.08. The van der Waals surface area contributed by atoms with E-state index >= 15 is 0 Å². The predicted molar refractivity (Wildman–Crippen MR) is 146 cm³/mol. The minimum absolute atomic E-state index is 0.559. The van der Waals surface area contributed by atoms with E-state index in [1.54, 1.807) is 12.4 Å². The molecule has 4 nitrogen and oxygen atoms in total. The van der Waals surface area contributed by atoms with E-state index in [1.807, 2.05) is 12.1 Å². The second-order valence-corrected chi connectivity index (χ2v) is 14.9. The molecule has 35 heavy (non-hydrogen) atoms. The summed E-state index contributed by atoms with van der Waals surface area (Å²) in [4.78, 5) is 4.38. The molecule has 4 aromatic carbocycles. The first-order valence-electron chi connectivity index (χ1n) is 11.8. The second-order valence-electron chi connectivity index (χ2n) is 9.84. The largest absolute Gasteiger partial charge is 0.455 e. The Labute approximate surface area is 205 Å². The highest BCUT2D eigenvalue weighted by Crippen LogP contribution is 2.39. The van der Waals surface area contributed by atoms with Crippen molar-refractivity contribution >= 4 is 35.2 Å². The highest BCUT2D eigenvalue weighted by Gasteiger charge is 2.17. The van der Waals surface area contributed by atoms with Gasteiger partial charge in [-0.05, 0) is 22.8 Å². The molecule has 0 atom stereocenters. The Morgan fingerprint density at radius 2 is 1.17 bits per heavy atom. The monoisotopic (exact) mass is 471 g/mol. The SMILES string of the molecule is C[Si](C)(C)c1ccc(-c2ccc(-c3cccc4c3oc3c(-c5nccnn5)cccc34)cc2)cc1. The molecule has 2 aromatic heterocycles. The van der Waals surface area contributed by atoms with E-state index < -0.39 is 8.07 Å². The molecule has 0 aliphatic heterocycles. The van der Waals surface area contributed by atoms with E-state index in [9.17, 15) is 0 Å². The maximum absolute atomic E-state index is 6.48. The minimum atomic E-state index is -1.30. The third kappa shape index (κ3) is 3.84. The first-order valence-corrected chi connectivity index (χ1v) is 15.3. The van der Waals surface area contributed by atoms with Crippen LogP contribution in [0.2, 0.25) is 19.6 Å². The fourth-order valence-electron chi connectivity index (χ4n) is 4.60. The van der Waals surface area contributed by atoms with Gasteiger partial charge in [0.05, 0.1) is 19.8 Å². The van der Waals surface area contributed by atoms with Gasteiger partial charge in [0, 0.05) is 22.5 Å². The number of furan rings is 1.